The van der Waals surface area contributed by atoms with Crippen molar-refractivity contribution in [2.24, 2.45) is 0 Å². The Kier molecular flexibility index (Phi) is 4.96. The van der Waals surface area contributed by atoms with Gasteiger partial charge in [-0.05, 0) is 59.1 Å². The number of benzene rings is 1. The Bertz CT molecular complexity index is 616. The van der Waals surface area contributed by atoms with Crippen molar-refractivity contribution in [1.82, 2.24) is 19.8 Å². The molecule has 1 amide bonds. The molecule has 0 saturated carbocycles. The van der Waals surface area contributed by atoms with Gasteiger partial charge in [-0.15, -0.1) is 0 Å². The van der Waals surface area contributed by atoms with Gasteiger partial charge in [0, 0.05) is 18.2 Å². The minimum absolute atomic E-state index is 0.0326. The third-order valence-electron chi connectivity index (χ3n) is 3.46. The highest BCUT2D eigenvalue weighted by Crippen LogP contribution is 2.18. The molecule has 5 nitrogen and oxygen atoms in total. The molecule has 1 aromatic heterocycles. The Labute approximate surface area is 126 Å². The van der Waals surface area contributed by atoms with E-state index in [4.69, 9.17) is 0 Å². The van der Waals surface area contributed by atoms with Crippen molar-refractivity contribution < 1.29 is 4.79 Å². The van der Waals surface area contributed by atoms with Crippen LogP contribution in [0.4, 0.5) is 0 Å². The summed E-state index contributed by atoms with van der Waals surface area (Å²) in [5.41, 5.74) is 2.60. The summed E-state index contributed by atoms with van der Waals surface area (Å²) in [5.74, 6) is -0.0326. The lowest BCUT2D eigenvalue weighted by molar-refractivity contribution is 0.0952. The molecule has 0 radical (unpaired) electrons. The Balaban J connectivity index is 2.03. The number of aromatic nitrogens is 2. The van der Waals surface area contributed by atoms with E-state index in [1.807, 2.05) is 38.6 Å². The van der Waals surface area contributed by atoms with Gasteiger partial charge in [-0.1, -0.05) is 0 Å². The zero-order valence-electron chi connectivity index (χ0n) is 13.3. The van der Waals surface area contributed by atoms with Gasteiger partial charge in [-0.2, -0.15) is 0 Å². The number of imidazole rings is 1. The predicted molar refractivity (Wildman–Crippen MR) is 85.6 cm³/mol. The number of fused-ring (bicyclic) bond motifs is 1. The summed E-state index contributed by atoms with van der Waals surface area (Å²) in [4.78, 5) is 18.6. The molecule has 0 aliphatic heterocycles. The number of nitrogens with zero attached hydrogens (tertiary/aromatic N) is 3. The van der Waals surface area contributed by atoms with Crippen molar-refractivity contribution >= 4 is 16.9 Å². The Morgan fingerprint density at radius 2 is 2.14 bits per heavy atom. The molecular formula is C16H24N4O. The third kappa shape index (κ3) is 3.82. The summed E-state index contributed by atoms with van der Waals surface area (Å²) in [6.07, 6.45) is 2.77. The zero-order valence-corrected chi connectivity index (χ0v) is 13.3. The van der Waals surface area contributed by atoms with E-state index in [1.54, 1.807) is 0 Å². The third-order valence-corrected chi connectivity index (χ3v) is 3.46. The number of amides is 1. The quantitative estimate of drug-likeness (QED) is 0.830. The van der Waals surface area contributed by atoms with Crippen molar-refractivity contribution in [3.63, 3.8) is 0 Å². The van der Waals surface area contributed by atoms with Crippen molar-refractivity contribution in [3.05, 3.63) is 30.1 Å². The minimum Gasteiger partial charge on any atom is -0.352 e. The molecule has 2 aromatic rings. The van der Waals surface area contributed by atoms with E-state index in [9.17, 15) is 4.79 Å². The minimum atomic E-state index is -0.0326. The van der Waals surface area contributed by atoms with Crippen molar-refractivity contribution in [2.45, 2.75) is 26.3 Å². The summed E-state index contributed by atoms with van der Waals surface area (Å²) >= 11 is 0. The molecule has 2 rings (SSSR count). The van der Waals surface area contributed by atoms with Gasteiger partial charge in [0.05, 0.1) is 17.4 Å². The van der Waals surface area contributed by atoms with E-state index >= 15 is 0 Å². The van der Waals surface area contributed by atoms with Crippen LogP contribution < -0.4 is 5.32 Å². The van der Waals surface area contributed by atoms with E-state index in [-0.39, 0.29) is 5.91 Å². The Morgan fingerprint density at radius 1 is 1.38 bits per heavy atom. The van der Waals surface area contributed by atoms with Crippen LogP contribution in [0.5, 0.6) is 0 Å². The fraction of sp³-hybridized carbons (Fsp3) is 0.500. The van der Waals surface area contributed by atoms with Crippen LogP contribution in [0.15, 0.2) is 24.5 Å². The first-order valence-electron chi connectivity index (χ1n) is 7.38. The molecule has 1 N–H and O–H groups in total. The van der Waals surface area contributed by atoms with Crippen molar-refractivity contribution in [3.8, 4) is 0 Å². The average molecular weight is 288 g/mol. The van der Waals surface area contributed by atoms with Crippen LogP contribution >= 0.6 is 0 Å². The molecule has 0 bridgehead atoms. The highest BCUT2D eigenvalue weighted by Gasteiger charge is 2.10. The molecule has 0 atom stereocenters. The summed E-state index contributed by atoms with van der Waals surface area (Å²) < 4.78 is 2.11. The number of hydrogen-bond donors (Lipinski definition) is 1. The highest BCUT2D eigenvalue weighted by atomic mass is 16.1. The van der Waals surface area contributed by atoms with E-state index in [1.165, 1.54) is 0 Å². The summed E-state index contributed by atoms with van der Waals surface area (Å²) in [5, 5.41) is 2.95. The van der Waals surface area contributed by atoms with Crippen LogP contribution in [0.25, 0.3) is 11.0 Å². The topological polar surface area (TPSA) is 50.2 Å². The predicted octanol–water partition coefficient (Wildman–Crippen LogP) is 2.30. The van der Waals surface area contributed by atoms with Gasteiger partial charge in [-0.3, -0.25) is 4.79 Å². The molecule has 0 unspecified atom stereocenters. The van der Waals surface area contributed by atoms with Gasteiger partial charge < -0.3 is 14.8 Å². The van der Waals surface area contributed by atoms with Crippen LogP contribution in [0.1, 0.15) is 36.7 Å². The van der Waals surface area contributed by atoms with Crippen LogP contribution in [0.2, 0.25) is 0 Å². The second kappa shape index (κ2) is 6.72. The Morgan fingerprint density at radius 3 is 2.81 bits per heavy atom. The number of rotatable bonds is 6. The van der Waals surface area contributed by atoms with Crippen molar-refractivity contribution in [1.29, 1.82) is 0 Å². The number of hydrogen-bond acceptors (Lipinski definition) is 3. The van der Waals surface area contributed by atoms with Gasteiger partial charge >= 0.3 is 0 Å². The summed E-state index contributed by atoms with van der Waals surface area (Å²) in [6, 6.07) is 6.05. The van der Waals surface area contributed by atoms with Crippen molar-refractivity contribution in [2.75, 3.05) is 27.2 Å². The number of nitrogens with one attached hydrogen (secondary N) is 1. The maximum atomic E-state index is 12.1. The molecule has 1 heterocycles. The fourth-order valence-electron chi connectivity index (χ4n) is 2.28. The van der Waals surface area contributed by atoms with Gasteiger partial charge in [0.1, 0.15) is 0 Å². The van der Waals surface area contributed by atoms with E-state index < -0.39 is 0 Å². The maximum Gasteiger partial charge on any atom is 0.251 e. The average Bonchev–Trinajstić information content (AvgIpc) is 2.86. The first-order valence-corrected chi connectivity index (χ1v) is 7.38. The van der Waals surface area contributed by atoms with E-state index in [2.05, 4.69) is 33.6 Å². The standard InChI is InChI=1S/C16H24N4O/c1-12(2)20-11-18-14-10-13(6-7-15(14)20)16(21)17-8-5-9-19(3)4/h6-7,10-12H,5,8-9H2,1-4H3,(H,17,21). The lowest BCUT2D eigenvalue weighted by Crippen LogP contribution is -2.27. The molecule has 0 aliphatic rings. The zero-order chi connectivity index (χ0) is 15.4. The maximum absolute atomic E-state index is 12.1. The molecule has 0 fully saturated rings. The molecule has 1 aromatic carbocycles. The van der Waals surface area contributed by atoms with Gasteiger partial charge in [0.2, 0.25) is 0 Å². The smallest absolute Gasteiger partial charge is 0.251 e. The number of carbonyl (C=O) groups excluding carboxylic acids is 1. The molecule has 0 saturated heterocycles. The van der Waals surface area contributed by atoms with Gasteiger partial charge in [0.15, 0.2) is 0 Å². The van der Waals surface area contributed by atoms with Gasteiger partial charge in [-0.25, -0.2) is 4.98 Å². The summed E-state index contributed by atoms with van der Waals surface area (Å²) in [7, 11) is 4.06. The first kappa shape index (κ1) is 15.5. The molecule has 0 aliphatic carbocycles. The molecule has 114 valence electrons. The molecule has 5 heteroatoms. The van der Waals surface area contributed by atoms with Gasteiger partial charge in [0.25, 0.3) is 5.91 Å². The highest BCUT2D eigenvalue weighted by molar-refractivity contribution is 5.97. The normalized spacial score (nSPS) is 11.5. The number of carbonyl (C=O) groups is 1. The largest absolute Gasteiger partial charge is 0.352 e. The molecule has 21 heavy (non-hydrogen) atoms. The first-order chi connectivity index (χ1) is 9.99. The van der Waals surface area contributed by atoms with Crippen LogP contribution in [0.3, 0.4) is 0 Å². The van der Waals surface area contributed by atoms with Crippen LogP contribution in [-0.2, 0) is 0 Å². The summed E-state index contributed by atoms with van der Waals surface area (Å²) in [6.45, 7) is 5.90. The SMILES string of the molecule is CC(C)n1cnc2cc(C(=O)NCCCN(C)C)ccc21. The lowest BCUT2D eigenvalue weighted by Gasteiger charge is -2.10. The fourth-order valence-corrected chi connectivity index (χ4v) is 2.28. The second-order valence-electron chi connectivity index (χ2n) is 5.86. The van der Waals surface area contributed by atoms with Crippen LogP contribution in [-0.4, -0.2) is 47.5 Å². The van der Waals surface area contributed by atoms with Crippen LogP contribution in [0, 0.1) is 0 Å². The second-order valence-corrected chi connectivity index (χ2v) is 5.86. The van der Waals surface area contributed by atoms with E-state index in [0.717, 1.165) is 24.0 Å². The molecular weight excluding hydrogens is 264 g/mol. The Hall–Kier alpha value is -1.88. The lowest BCUT2D eigenvalue weighted by atomic mass is 10.2. The molecule has 0 spiro atoms. The van der Waals surface area contributed by atoms with E-state index in [0.29, 0.717) is 18.2 Å². The monoisotopic (exact) mass is 288 g/mol.